The van der Waals surface area contributed by atoms with Gasteiger partial charge in [0.05, 0.1) is 11.9 Å². The molecule has 7 nitrogen and oxygen atoms in total. The van der Waals surface area contributed by atoms with Crippen LogP contribution in [0.25, 0.3) is 11.0 Å². The van der Waals surface area contributed by atoms with Crippen LogP contribution < -0.4 is 10.9 Å². The smallest absolute Gasteiger partial charge is 0.252 e. The molecule has 0 amide bonds. The van der Waals surface area contributed by atoms with Crippen LogP contribution in [0.2, 0.25) is 0 Å². The van der Waals surface area contributed by atoms with E-state index in [9.17, 15) is 4.79 Å². The molecule has 0 bridgehead atoms. The van der Waals surface area contributed by atoms with Gasteiger partial charge in [-0.15, -0.1) is 0 Å². The molecule has 3 rings (SSSR count). The van der Waals surface area contributed by atoms with E-state index in [4.69, 9.17) is 0 Å². The molecule has 0 fully saturated rings. The third-order valence-corrected chi connectivity index (χ3v) is 3.57. The highest BCUT2D eigenvalue weighted by molar-refractivity contribution is 5.75. The first-order chi connectivity index (χ1) is 11.0. The highest BCUT2D eigenvalue weighted by atomic mass is 16.1. The van der Waals surface area contributed by atoms with E-state index >= 15 is 0 Å². The predicted molar refractivity (Wildman–Crippen MR) is 90.1 cm³/mol. The van der Waals surface area contributed by atoms with Gasteiger partial charge in [0.2, 0.25) is 5.95 Å². The Labute approximate surface area is 134 Å². The number of hydrogen-bond donors (Lipinski definition) is 1. The first-order valence-corrected chi connectivity index (χ1v) is 7.65. The maximum Gasteiger partial charge on any atom is 0.252 e. The fourth-order valence-electron chi connectivity index (χ4n) is 2.41. The Hall–Kier alpha value is -2.70. The lowest BCUT2D eigenvalue weighted by Crippen LogP contribution is -2.22. The number of fused-ring (bicyclic) bond motifs is 1. The molecule has 0 radical (unpaired) electrons. The maximum absolute atomic E-state index is 12.1. The molecule has 3 heterocycles. The average Bonchev–Trinajstić information content (AvgIpc) is 2.95. The summed E-state index contributed by atoms with van der Waals surface area (Å²) in [7, 11) is 0. The molecule has 23 heavy (non-hydrogen) atoms. The lowest BCUT2D eigenvalue weighted by Gasteiger charge is -2.13. The van der Waals surface area contributed by atoms with Crippen molar-refractivity contribution < 1.29 is 0 Å². The summed E-state index contributed by atoms with van der Waals surface area (Å²) in [4.78, 5) is 20.9. The maximum atomic E-state index is 12.1. The van der Waals surface area contributed by atoms with Crippen LogP contribution in [0.3, 0.4) is 0 Å². The van der Waals surface area contributed by atoms with E-state index in [1.165, 1.54) is 0 Å². The fourth-order valence-corrected chi connectivity index (χ4v) is 2.41. The summed E-state index contributed by atoms with van der Waals surface area (Å²) >= 11 is 0. The molecule has 3 aromatic rings. The van der Waals surface area contributed by atoms with Crippen LogP contribution in [0.5, 0.6) is 0 Å². The fraction of sp³-hybridized carbons (Fsp3) is 0.375. The van der Waals surface area contributed by atoms with Gasteiger partial charge in [0.25, 0.3) is 5.56 Å². The second-order valence-corrected chi connectivity index (χ2v) is 6.04. The Bertz CT molecular complexity index is 893. The van der Waals surface area contributed by atoms with Gasteiger partial charge in [0, 0.05) is 35.9 Å². The molecule has 0 aliphatic rings. The topological polar surface area (TPSA) is 77.6 Å². The van der Waals surface area contributed by atoms with E-state index in [-0.39, 0.29) is 17.6 Å². The highest BCUT2D eigenvalue weighted by Gasteiger charge is 2.10. The molecule has 1 N–H and O–H groups in total. The number of pyridine rings is 1. The van der Waals surface area contributed by atoms with Gasteiger partial charge >= 0.3 is 0 Å². The number of aromatic nitrogens is 5. The molecule has 3 aromatic heterocycles. The zero-order valence-electron chi connectivity index (χ0n) is 13.7. The first-order valence-electron chi connectivity index (χ1n) is 7.65. The van der Waals surface area contributed by atoms with Gasteiger partial charge in [-0.1, -0.05) is 0 Å². The van der Waals surface area contributed by atoms with Crippen molar-refractivity contribution >= 4 is 22.7 Å². The summed E-state index contributed by atoms with van der Waals surface area (Å²) in [5.41, 5.74) is 1.37. The van der Waals surface area contributed by atoms with Crippen molar-refractivity contribution in [3.63, 3.8) is 0 Å². The van der Waals surface area contributed by atoms with Crippen LogP contribution in [0.15, 0.2) is 35.5 Å². The summed E-state index contributed by atoms with van der Waals surface area (Å²) in [5.74, 6) is 0.445. The molecule has 0 unspecified atom stereocenters. The summed E-state index contributed by atoms with van der Waals surface area (Å²) in [5, 5.41) is 8.25. The first kappa shape index (κ1) is 15.2. The average molecular weight is 312 g/mol. The van der Waals surface area contributed by atoms with Crippen LogP contribution in [0.1, 0.15) is 39.8 Å². The van der Waals surface area contributed by atoms with Crippen molar-refractivity contribution in [3.8, 4) is 0 Å². The van der Waals surface area contributed by atoms with Gasteiger partial charge < -0.3 is 5.32 Å². The van der Waals surface area contributed by atoms with Crippen LogP contribution in [-0.4, -0.2) is 24.3 Å². The molecule has 7 heteroatoms. The Morgan fingerprint density at radius 1 is 1.09 bits per heavy atom. The summed E-state index contributed by atoms with van der Waals surface area (Å²) in [6, 6.07) is 3.61. The predicted octanol–water partition coefficient (Wildman–Crippen LogP) is 2.89. The Kier molecular flexibility index (Phi) is 3.85. The zero-order chi connectivity index (χ0) is 16.6. The molecule has 0 aliphatic heterocycles. The lowest BCUT2D eigenvalue weighted by atomic mass is 10.3. The zero-order valence-corrected chi connectivity index (χ0v) is 13.7. The lowest BCUT2D eigenvalue weighted by molar-refractivity contribution is 0.532. The second-order valence-electron chi connectivity index (χ2n) is 6.04. The minimum atomic E-state index is -0.0650. The summed E-state index contributed by atoms with van der Waals surface area (Å²) in [6.45, 7) is 8.04. The van der Waals surface area contributed by atoms with E-state index in [2.05, 4.69) is 34.2 Å². The standard InChI is InChI=1S/C16H20N6O/c1-10(2)21-9-13(8-18-21)19-16-17-7-12-5-6-14(23)22(11(3)4)15(12)20-16/h5-11H,1-4H3,(H,17,19,20). The Morgan fingerprint density at radius 3 is 2.52 bits per heavy atom. The molecule has 0 aliphatic carbocycles. The molecule has 120 valence electrons. The van der Waals surface area contributed by atoms with E-state index < -0.39 is 0 Å². The number of anilines is 2. The van der Waals surface area contributed by atoms with Crippen molar-refractivity contribution in [2.75, 3.05) is 5.32 Å². The number of rotatable bonds is 4. The van der Waals surface area contributed by atoms with Crippen LogP contribution in [-0.2, 0) is 0 Å². The highest BCUT2D eigenvalue weighted by Crippen LogP contribution is 2.18. The van der Waals surface area contributed by atoms with E-state index in [0.29, 0.717) is 11.6 Å². The van der Waals surface area contributed by atoms with Crippen molar-refractivity contribution in [2.24, 2.45) is 0 Å². The van der Waals surface area contributed by atoms with Crippen molar-refractivity contribution in [2.45, 2.75) is 39.8 Å². The number of nitrogens with one attached hydrogen (secondary N) is 1. The minimum Gasteiger partial charge on any atom is -0.321 e. The summed E-state index contributed by atoms with van der Waals surface area (Å²) in [6.07, 6.45) is 5.35. The normalized spacial score (nSPS) is 11.6. The molecular weight excluding hydrogens is 292 g/mol. The second kappa shape index (κ2) is 5.83. The van der Waals surface area contributed by atoms with Gasteiger partial charge in [-0.05, 0) is 33.8 Å². The molecule has 0 saturated heterocycles. The van der Waals surface area contributed by atoms with Crippen LogP contribution in [0.4, 0.5) is 11.6 Å². The Morgan fingerprint density at radius 2 is 1.87 bits per heavy atom. The van der Waals surface area contributed by atoms with Gasteiger partial charge in [-0.3, -0.25) is 14.0 Å². The molecule has 0 atom stereocenters. The summed E-state index contributed by atoms with van der Waals surface area (Å²) < 4.78 is 3.52. The van der Waals surface area contributed by atoms with E-state index in [0.717, 1.165) is 11.1 Å². The molecular formula is C16H20N6O. The van der Waals surface area contributed by atoms with Crippen LogP contribution in [0, 0.1) is 0 Å². The van der Waals surface area contributed by atoms with Crippen molar-refractivity contribution in [1.82, 2.24) is 24.3 Å². The van der Waals surface area contributed by atoms with E-state index in [1.807, 2.05) is 24.7 Å². The molecule has 0 spiro atoms. The van der Waals surface area contributed by atoms with Crippen molar-refractivity contribution in [3.05, 3.63) is 41.1 Å². The SMILES string of the molecule is CC(C)n1cc(Nc2ncc3ccc(=O)n(C(C)C)c3n2)cn1. The quantitative estimate of drug-likeness (QED) is 0.801. The molecule has 0 aromatic carbocycles. The third-order valence-electron chi connectivity index (χ3n) is 3.57. The van der Waals surface area contributed by atoms with Crippen LogP contribution >= 0.6 is 0 Å². The largest absolute Gasteiger partial charge is 0.321 e. The number of hydrogen-bond acceptors (Lipinski definition) is 5. The third kappa shape index (κ3) is 2.94. The van der Waals surface area contributed by atoms with E-state index in [1.54, 1.807) is 29.1 Å². The Balaban J connectivity index is 2.01. The number of nitrogens with zero attached hydrogens (tertiary/aromatic N) is 5. The van der Waals surface area contributed by atoms with Gasteiger partial charge in [0.15, 0.2) is 0 Å². The van der Waals surface area contributed by atoms with Gasteiger partial charge in [-0.25, -0.2) is 4.98 Å². The van der Waals surface area contributed by atoms with Gasteiger partial charge in [0.1, 0.15) is 5.65 Å². The molecule has 0 saturated carbocycles. The monoisotopic (exact) mass is 312 g/mol. The minimum absolute atomic E-state index is 0.0256. The van der Waals surface area contributed by atoms with Gasteiger partial charge in [-0.2, -0.15) is 10.1 Å². The van der Waals surface area contributed by atoms with Crippen molar-refractivity contribution in [1.29, 1.82) is 0 Å².